The van der Waals surface area contributed by atoms with Gasteiger partial charge in [-0.05, 0) is 0 Å². The fourth-order valence-electron chi connectivity index (χ4n) is 0.575. The Labute approximate surface area is 83.4 Å². The van der Waals surface area contributed by atoms with Crippen LogP contribution in [-0.4, -0.2) is 9.91 Å². The molecule has 0 radical (unpaired) electrons. The van der Waals surface area contributed by atoms with Crippen LogP contribution in [0.15, 0.2) is 12.1 Å². The molecule has 0 amide bonds. The van der Waals surface area contributed by atoms with Crippen molar-refractivity contribution in [3.63, 3.8) is 0 Å². The third-order valence-corrected chi connectivity index (χ3v) is 2.13. The summed E-state index contributed by atoms with van der Waals surface area (Å²) in [5, 5.41) is 10.1. The van der Waals surface area contributed by atoms with Gasteiger partial charge in [-0.25, -0.2) is 0 Å². The standard InChI is InChI=1S/C5H2FN2O2.ClH.Zn/c6-4-1-2-5(7-3-4)8(9)10;;/h1-2H;1H;/q;;+1/p-1. The zero-order chi connectivity index (χ0) is 8.43. The van der Waals surface area contributed by atoms with Crippen LogP contribution < -0.4 is 16.7 Å². The summed E-state index contributed by atoms with van der Waals surface area (Å²) in [4.78, 5) is 12.9. The second kappa shape index (κ2) is 4.43. The van der Waals surface area contributed by atoms with Gasteiger partial charge in [0.05, 0.1) is 0 Å². The van der Waals surface area contributed by atoms with Crippen LogP contribution in [0.1, 0.15) is 0 Å². The second-order valence-electron chi connectivity index (χ2n) is 1.86. The summed E-state index contributed by atoms with van der Waals surface area (Å²) in [5.74, 6) is -0.775. The van der Waals surface area contributed by atoms with E-state index in [1.54, 1.807) is 0 Å². The molecule has 0 aliphatic carbocycles. The first-order valence-corrected chi connectivity index (χ1v) is 4.22. The predicted octanol–water partition coefficient (Wildman–Crippen LogP) is -2.69. The van der Waals surface area contributed by atoms with Crippen LogP contribution in [0.3, 0.4) is 0 Å². The van der Waals surface area contributed by atoms with E-state index in [0.29, 0.717) is 18.3 Å². The van der Waals surface area contributed by atoms with Crippen LogP contribution in [0.2, 0.25) is 0 Å². The molecule has 0 unspecified atom stereocenters. The molecule has 4 nitrogen and oxygen atoms in total. The number of rotatable bonds is 1. The van der Waals surface area contributed by atoms with E-state index in [2.05, 4.69) is 4.98 Å². The molecular weight excluding hydrogens is 240 g/mol. The van der Waals surface area contributed by atoms with Crippen LogP contribution in [0, 0.1) is 15.9 Å². The van der Waals surface area contributed by atoms with Crippen LogP contribution in [0.25, 0.3) is 0 Å². The molecule has 0 N–H and O–H groups in total. The molecule has 0 atom stereocenters. The molecule has 0 aliphatic heterocycles. The van der Waals surface area contributed by atoms with Crippen molar-refractivity contribution >= 4 is 10.1 Å². The van der Waals surface area contributed by atoms with Crippen molar-refractivity contribution in [3.05, 3.63) is 28.1 Å². The SMILES string of the molecule is O=[N+]([O-])c1ccc(F)[c]([Zn+])n1.[Cl-]. The quantitative estimate of drug-likeness (QED) is 0.306. The largest absolute Gasteiger partial charge is 1.00 e. The molecule has 0 aromatic carbocycles. The number of aromatic nitrogens is 1. The van der Waals surface area contributed by atoms with Crippen molar-refractivity contribution in [2.45, 2.75) is 0 Å². The van der Waals surface area contributed by atoms with Gasteiger partial charge >= 0.3 is 70.8 Å². The number of hydrogen-bond acceptors (Lipinski definition) is 3. The van der Waals surface area contributed by atoms with Gasteiger partial charge in [-0.3, -0.25) is 0 Å². The first kappa shape index (κ1) is 11.4. The molecule has 0 aliphatic rings. The average Bonchev–Trinajstić information content (AvgIpc) is 1.94. The van der Waals surface area contributed by atoms with Crippen molar-refractivity contribution in [2.24, 2.45) is 0 Å². The molecule has 0 spiro atoms. The smallest absolute Gasteiger partial charge is 1.00 e. The van der Waals surface area contributed by atoms with Gasteiger partial charge in [-0.15, -0.1) is 0 Å². The van der Waals surface area contributed by atoms with Crippen molar-refractivity contribution in [3.8, 4) is 0 Å². The van der Waals surface area contributed by atoms with Gasteiger partial charge in [0.2, 0.25) is 0 Å². The predicted molar refractivity (Wildman–Crippen MR) is 30.5 cm³/mol. The van der Waals surface area contributed by atoms with Crippen molar-refractivity contribution < 1.29 is 40.0 Å². The minimum absolute atomic E-state index is 0. The van der Waals surface area contributed by atoms with E-state index in [9.17, 15) is 14.5 Å². The maximum absolute atomic E-state index is 12.5. The first-order valence-electron chi connectivity index (χ1n) is 2.74. The Morgan fingerprint density at radius 2 is 2.17 bits per heavy atom. The van der Waals surface area contributed by atoms with Crippen LogP contribution >= 0.6 is 0 Å². The summed E-state index contributed by atoms with van der Waals surface area (Å²) in [6, 6.07) is 2.11. The van der Waals surface area contributed by atoms with E-state index >= 15 is 0 Å². The maximum atomic E-state index is 12.5. The van der Waals surface area contributed by atoms with E-state index in [-0.39, 0.29) is 22.5 Å². The average molecular weight is 242 g/mol. The molecule has 0 saturated heterocycles. The summed E-state index contributed by atoms with van der Waals surface area (Å²) < 4.78 is 12.7. The van der Waals surface area contributed by atoms with Crippen molar-refractivity contribution in [1.29, 1.82) is 0 Å². The fraction of sp³-hybridized carbons (Fsp3) is 0. The fourth-order valence-corrected chi connectivity index (χ4v) is 1.16. The van der Waals surface area contributed by atoms with E-state index < -0.39 is 10.7 Å². The van der Waals surface area contributed by atoms with Gasteiger partial charge in [0, 0.05) is 0 Å². The van der Waals surface area contributed by atoms with Gasteiger partial charge in [0.15, 0.2) is 0 Å². The Bertz CT molecular complexity index is 309. The molecule has 1 heterocycles. The molecule has 12 heavy (non-hydrogen) atoms. The van der Waals surface area contributed by atoms with Gasteiger partial charge < -0.3 is 12.4 Å². The Kier molecular flexibility index (Phi) is 4.20. The Balaban J connectivity index is 0.00000121. The topological polar surface area (TPSA) is 56.0 Å². The van der Waals surface area contributed by atoms with Gasteiger partial charge in [-0.2, -0.15) is 0 Å². The van der Waals surface area contributed by atoms with E-state index in [4.69, 9.17) is 0 Å². The second-order valence-corrected chi connectivity index (χ2v) is 3.26. The number of halogens is 2. The molecule has 7 heteroatoms. The Hall–Kier alpha value is -0.607. The minimum Gasteiger partial charge on any atom is -1.00 e. The summed E-state index contributed by atoms with van der Waals surface area (Å²) in [6.45, 7) is 0. The van der Waals surface area contributed by atoms with E-state index in [1.165, 1.54) is 0 Å². The molecular formula is C5H2ClFN2O2Zn. The molecule has 1 aromatic heterocycles. The van der Waals surface area contributed by atoms with E-state index in [0.717, 1.165) is 12.1 Å². The van der Waals surface area contributed by atoms with Crippen LogP contribution in [0.4, 0.5) is 10.2 Å². The van der Waals surface area contributed by atoms with Gasteiger partial charge in [0.1, 0.15) is 0 Å². The Morgan fingerprint density at radius 3 is 2.58 bits per heavy atom. The molecule has 0 bridgehead atoms. The number of hydrogen-bond donors (Lipinski definition) is 0. The molecule has 60 valence electrons. The third-order valence-electron chi connectivity index (χ3n) is 1.09. The van der Waals surface area contributed by atoms with Crippen LogP contribution in [-0.2, 0) is 18.3 Å². The zero-order valence-electron chi connectivity index (χ0n) is 5.83. The summed E-state index contributed by atoms with van der Waals surface area (Å²) in [6.07, 6.45) is 0. The van der Waals surface area contributed by atoms with Crippen molar-refractivity contribution in [1.82, 2.24) is 4.98 Å². The zero-order valence-corrected chi connectivity index (χ0v) is 9.55. The van der Waals surface area contributed by atoms with E-state index in [1.807, 2.05) is 0 Å². The molecule has 1 rings (SSSR count). The number of pyridine rings is 1. The molecule has 1 aromatic rings. The number of nitrogens with zero attached hydrogens (tertiary/aromatic N) is 2. The van der Waals surface area contributed by atoms with Gasteiger partial charge in [0.25, 0.3) is 0 Å². The Morgan fingerprint density at radius 1 is 1.58 bits per heavy atom. The maximum Gasteiger partial charge on any atom is -1.00 e. The molecule has 0 saturated carbocycles. The first-order chi connectivity index (χ1) is 5.11. The summed E-state index contributed by atoms with van der Waals surface area (Å²) in [7, 11) is 0. The minimum atomic E-state index is -0.640. The monoisotopic (exact) mass is 240 g/mol. The van der Waals surface area contributed by atoms with Gasteiger partial charge in [-0.1, -0.05) is 0 Å². The summed E-state index contributed by atoms with van der Waals surface area (Å²) in [5.41, 5.74) is 0. The molecule has 0 fully saturated rings. The summed E-state index contributed by atoms with van der Waals surface area (Å²) >= 11 is 0.480. The number of nitro groups is 1. The van der Waals surface area contributed by atoms with Crippen molar-refractivity contribution in [2.75, 3.05) is 0 Å². The van der Waals surface area contributed by atoms with Crippen LogP contribution in [0.5, 0.6) is 0 Å². The normalized spacial score (nSPS) is 8.92. The third kappa shape index (κ3) is 2.46.